The van der Waals surface area contributed by atoms with Crippen LogP contribution in [0.4, 0.5) is 4.39 Å². The van der Waals surface area contributed by atoms with Gasteiger partial charge in [0.05, 0.1) is 0 Å². The molecule has 0 saturated heterocycles. The Labute approximate surface area is 177 Å². The zero-order valence-corrected chi connectivity index (χ0v) is 18.8. The van der Waals surface area contributed by atoms with E-state index >= 15 is 0 Å². The molecule has 2 saturated carbocycles. The molecule has 1 nitrogen and oxygen atoms in total. The fraction of sp³-hybridized carbons (Fsp3) is 0.680. The second kappa shape index (κ2) is 8.11. The Morgan fingerprint density at radius 1 is 1.07 bits per heavy atom. The van der Waals surface area contributed by atoms with Crippen LogP contribution in [-0.2, 0) is 0 Å². The summed E-state index contributed by atoms with van der Waals surface area (Å²) in [5.41, 5.74) is 4.64. The minimum Gasteiger partial charge on any atom is -0.310 e. The molecule has 2 aliphatic carbocycles. The van der Waals surface area contributed by atoms with Crippen LogP contribution >= 0.6 is 12.4 Å². The number of halogens is 2. The van der Waals surface area contributed by atoms with Gasteiger partial charge in [0, 0.05) is 12.6 Å². The standard InChI is InChI=1S/C25H36FN.ClH/c1-24(2)14-19(15-25(3,4)16-24)23-13-20(26)7-8-22(23)18-9-10-27-21(12-18)11-17-5-6-17;/h7-9,13,17,19,21,27H,5-6,10-12,14-16H2,1-4H3;1H. The van der Waals surface area contributed by atoms with Crippen LogP contribution in [0.15, 0.2) is 24.3 Å². The number of nitrogens with one attached hydrogen (secondary N) is 1. The molecule has 3 aliphatic rings. The van der Waals surface area contributed by atoms with E-state index in [0.717, 1.165) is 31.7 Å². The van der Waals surface area contributed by atoms with E-state index in [-0.39, 0.29) is 18.2 Å². The Morgan fingerprint density at radius 2 is 1.75 bits per heavy atom. The maximum atomic E-state index is 14.3. The lowest BCUT2D eigenvalue weighted by molar-refractivity contribution is 0.0967. The van der Waals surface area contributed by atoms with E-state index in [4.69, 9.17) is 0 Å². The number of benzene rings is 1. The van der Waals surface area contributed by atoms with Crippen molar-refractivity contribution in [3.8, 4) is 0 Å². The molecule has 2 fully saturated rings. The summed E-state index contributed by atoms with van der Waals surface area (Å²) in [6.07, 6.45) is 11.1. The van der Waals surface area contributed by atoms with Gasteiger partial charge in [-0.05, 0) is 83.6 Å². The minimum atomic E-state index is -0.0843. The Kier molecular flexibility index (Phi) is 6.32. The maximum absolute atomic E-state index is 14.3. The molecule has 1 aromatic carbocycles. The van der Waals surface area contributed by atoms with Crippen molar-refractivity contribution in [3.63, 3.8) is 0 Å². The van der Waals surface area contributed by atoms with Crippen LogP contribution in [0.2, 0.25) is 0 Å². The first-order valence-electron chi connectivity index (χ1n) is 10.9. The molecule has 0 spiro atoms. The summed E-state index contributed by atoms with van der Waals surface area (Å²) in [6, 6.07) is 6.16. The Morgan fingerprint density at radius 3 is 2.39 bits per heavy atom. The third-order valence-electron chi connectivity index (χ3n) is 6.89. The normalized spacial score (nSPS) is 27.0. The predicted molar refractivity (Wildman–Crippen MR) is 120 cm³/mol. The van der Waals surface area contributed by atoms with Crippen molar-refractivity contribution in [2.45, 2.75) is 84.6 Å². The van der Waals surface area contributed by atoms with Gasteiger partial charge in [0.15, 0.2) is 0 Å². The lowest BCUT2D eigenvalue weighted by atomic mass is 9.59. The molecule has 1 aliphatic heterocycles. The summed E-state index contributed by atoms with van der Waals surface area (Å²) >= 11 is 0. The van der Waals surface area contributed by atoms with E-state index in [0.29, 0.717) is 22.8 Å². The van der Waals surface area contributed by atoms with Gasteiger partial charge in [-0.25, -0.2) is 4.39 Å². The van der Waals surface area contributed by atoms with Gasteiger partial charge in [0.25, 0.3) is 0 Å². The van der Waals surface area contributed by atoms with Gasteiger partial charge in [-0.3, -0.25) is 0 Å². The third kappa shape index (κ3) is 5.19. The van der Waals surface area contributed by atoms with Gasteiger partial charge in [0.1, 0.15) is 5.82 Å². The highest BCUT2D eigenvalue weighted by molar-refractivity contribution is 5.85. The molecule has 28 heavy (non-hydrogen) atoms. The van der Waals surface area contributed by atoms with Gasteiger partial charge >= 0.3 is 0 Å². The molecule has 1 heterocycles. The summed E-state index contributed by atoms with van der Waals surface area (Å²) < 4.78 is 14.3. The Balaban J connectivity index is 0.00000225. The van der Waals surface area contributed by atoms with Crippen molar-refractivity contribution in [3.05, 3.63) is 41.2 Å². The van der Waals surface area contributed by atoms with E-state index in [1.807, 2.05) is 6.07 Å². The predicted octanol–water partition coefficient (Wildman–Crippen LogP) is 7.11. The van der Waals surface area contributed by atoms with Crippen molar-refractivity contribution in [1.29, 1.82) is 0 Å². The van der Waals surface area contributed by atoms with E-state index in [1.54, 1.807) is 6.07 Å². The lowest BCUT2D eigenvalue weighted by Crippen LogP contribution is -2.34. The summed E-state index contributed by atoms with van der Waals surface area (Å²) in [5.74, 6) is 1.31. The van der Waals surface area contributed by atoms with Crippen molar-refractivity contribution in [1.82, 2.24) is 5.32 Å². The molecule has 0 radical (unpaired) electrons. The fourth-order valence-corrected chi connectivity index (χ4v) is 6.14. The smallest absolute Gasteiger partial charge is 0.123 e. The van der Waals surface area contributed by atoms with E-state index in [9.17, 15) is 4.39 Å². The number of hydrogen-bond donors (Lipinski definition) is 1. The summed E-state index contributed by atoms with van der Waals surface area (Å²) in [5, 5.41) is 3.68. The SMILES string of the molecule is CC1(C)CC(c2cc(F)ccc2C2=CCNC(CC3CC3)C2)CC(C)(C)C1.Cl. The van der Waals surface area contributed by atoms with Gasteiger partial charge in [-0.1, -0.05) is 52.7 Å². The molecule has 1 aromatic rings. The zero-order chi connectivity index (χ0) is 19.2. The second-order valence-electron chi connectivity index (χ2n) is 11.1. The molecular weight excluding hydrogens is 369 g/mol. The summed E-state index contributed by atoms with van der Waals surface area (Å²) in [7, 11) is 0. The molecule has 1 unspecified atom stereocenters. The maximum Gasteiger partial charge on any atom is 0.123 e. The molecule has 0 aromatic heterocycles. The minimum absolute atomic E-state index is 0. The topological polar surface area (TPSA) is 12.0 Å². The Hall–Kier alpha value is -0.860. The van der Waals surface area contributed by atoms with Crippen molar-refractivity contribution in [2.75, 3.05) is 6.54 Å². The average Bonchev–Trinajstić information content (AvgIpc) is 3.36. The number of rotatable bonds is 4. The van der Waals surface area contributed by atoms with Crippen LogP contribution in [-0.4, -0.2) is 12.6 Å². The molecule has 3 heteroatoms. The first-order chi connectivity index (χ1) is 12.7. The van der Waals surface area contributed by atoms with Crippen molar-refractivity contribution in [2.24, 2.45) is 16.7 Å². The lowest BCUT2D eigenvalue weighted by Gasteiger charge is -2.45. The van der Waals surface area contributed by atoms with Gasteiger partial charge < -0.3 is 5.32 Å². The van der Waals surface area contributed by atoms with Crippen LogP contribution in [0, 0.1) is 22.6 Å². The molecule has 156 valence electrons. The number of hydrogen-bond acceptors (Lipinski definition) is 1. The fourth-order valence-electron chi connectivity index (χ4n) is 6.14. The van der Waals surface area contributed by atoms with Crippen LogP contribution in [0.25, 0.3) is 5.57 Å². The first kappa shape index (κ1) is 21.8. The van der Waals surface area contributed by atoms with Crippen molar-refractivity contribution < 1.29 is 4.39 Å². The second-order valence-corrected chi connectivity index (χ2v) is 11.1. The third-order valence-corrected chi connectivity index (χ3v) is 6.89. The highest BCUT2D eigenvalue weighted by Crippen LogP contribution is 2.53. The summed E-state index contributed by atoms with van der Waals surface area (Å²) in [6.45, 7) is 10.5. The van der Waals surface area contributed by atoms with Gasteiger partial charge in [0.2, 0.25) is 0 Å². The van der Waals surface area contributed by atoms with E-state index in [1.165, 1.54) is 42.4 Å². The molecule has 1 N–H and O–H groups in total. The molecule has 1 atom stereocenters. The van der Waals surface area contributed by atoms with Crippen molar-refractivity contribution >= 4 is 18.0 Å². The monoisotopic (exact) mass is 405 g/mol. The summed E-state index contributed by atoms with van der Waals surface area (Å²) in [4.78, 5) is 0. The zero-order valence-electron chi connectivity index (χ0n) is 18.0. The van der Waals surface area contributed by atoms with Crippen LogP contribution in [0.3, 0.4) is 0 Å². The van der Waals surface area contributed by atoms with Crippen LogP contribution in [0.1, 0.15) is 89.7 Å². The average molecular weight is 406 g/mol. The quantitative estimate of drug-likeness (QED) is 0.562. The van der Waals surface area contributed by atoms with Crippen LogP contribution < -0.4 is 5.32 Å². The molecular formula is C25H37ClFN. The van der Waals surface area contributed by atoms with Crippen LogP contribution in [0.5, 0.6) is 0 Å². The van der Waals surface area contributed by atoms with E-state index < -0.39 is 0 Å². The first-order valence-corrected chi connectivity index (χ1v) is 10.9. The Bertz CT molecular complexity index is 716. The van der Waals surface area contributed by atoms with Gasteiger partial charge in [-0.15, -0.1) is 12.4 Å². The molecule has 4 rings (SSSR count). The van der Waals surface area contributed by atoms with E-state index in [2.05, 4.69) is 45.2 Å². The molecule has 0 amide bonds. The van der Waals surface area contributed by atoms with Gasteiger partial charge in [-0.2, -0.15) is 0 Å². The highest BCUT2D eigenvalue weighted by atomic mass is 35.5. The molecule has 0 bridgehead atoms. The highest BCUT2D eigenvalue weighted by Gasteiger charge is 2.40. The largest absolute Gasteiger partial charge is 0.310 e.